The zero-order valence-electron chi connectivity index (χ0n) is 33.6. The molecule has 274 valence electrons. The molecule has 8 rings (SSSR count). The maximum Gasteiger partial charge on any atom is -0.0229 e. The van der Waals surface area contributed by atoms with Crippen molar-refractivity contribution in [2.24, 2.45) is 111 Å². The van der Waals surface area contributed by atoms with Crippen molar-refractivity contribution < 1.29 is 0 Å². The molecule has 0 aromatic rings. The largest absolute Gasteiger partial charge is 0.0649 e. The highest BCUT2D eigenvalue weighted by Crippen LogP contribution is 2.78. The molecule has 0 aliphatic heterocycles. The third-order valence-electron chi connectivity index (χ3n) is 21.0. The van der Waals surface area contributed by atoms with E-state index in [4.69, 9.17) is 0 Å². The van der Waals surface area contributed by atoms with Gasteiger partial charge in [0.2, 0.25) is 0 Å². The van der Waals surface area contributed by atoms with Gasteiger partial charge >= 0.3 is 0 Å². The van der Waals surface area contributed by atoms with Gasteiger partial charge in [0.1, 0.15) is 0 Å². The van der Waals surface area contributed by atoms with Crippen LogP contribution in [0.25, 0.3) is 0 Å². The summed E-state index contributed by atoms with van der Waals surface area (Å²) in [6.45, 7) is 21.2. The van der Waals surface area contributed by atoms with Crippen LogP contribution in [0.2, 0.25) is 0 Å². The van der Waals surface area contributed by atoms with Gasteiger partial charge < -0.3 is 0 Å². The van der Waals surface area contributed by atoms with E-state index in [2.05, 4.69) is 55.4 Å². The van der Waals surface area contributed by atoms with Gasteiger partial charge in [-0.3, -0.25) is 0 Å². The van der Waals surface area contributed by atoms with Gasteiger partial charge in [-0.05, 0) is 188 Å². The average Bonchev–Trinajstić information content (AvgIpc) is 3.63. The van der Waals surface area contributed by atoms with Crippen LogP contribution in [-0.2, 0) is 0 Å². The smallest absolute Gasteiger partial charge is 0.0229 e. The van der Waals surface area contributed by atoms with Crippen molar-refractivity contribution in [1.82, 2.24) is 0 Å². The van der Waals surface area contributed by atoms with Gasteiger partial charge in [0, 0.05) is 0 Å². The summed E-state index contributed by atoms with van der Waals surface area (Å²) in [4.78, 5) is 0. The fraction of sp³-hybridized carbons (Fsp3) is 1.00. The highest BCUT2D eigenvalue weighted by molar-refractivity contribution is 5.19. The van der Waals surface area contributed by atoms with E-state index in [1.165, 1.54) is 25.7 Å². The minimum atomic E-state index is 0.524. The van der Waals surface area contributed by atoms with Crippen LogP contribution in [0.3, 0.4) is 0 Å². The Morgan fingerprint density at radius 1 is 0.500 bits per heavy atom. The number of fused-ring (bicyclic) bond motifs is 13. The molecule has 0 heteroatoms. The van der Waals surface area contributed by atoms with Crippen molar-refractivity contribution in [3.05, 3.63) is 0 Å². The summed E-state index contributed by atoms with van der Waals surface area (Å²) in [6, 6.07) is 0. The molecule has 8 saturated carbocycles. The van der Waals surface area contributed by atoms with E-state index in [0.29, 0.717) is 16.2 Å². The molecule has 0 aromatic carbocycles. The molecule has 8 aliphatic rings. The summed E-state index contributed by atoms with van der Waals surface area (Å²) in [6.07, 6.45) is 32.8. The fourth-order valence-electron chi connectivity index (χ4n) is 17.9. The monoisotopic (exact) mass is 659 g/mol. The van der Waals surface area contributed by atoms with Crippen LogP contribution >= 0.6 is 0 Å². The van der Waals surface area contributed by atoms with Crippen molar-refractivity contribution in [1.29, 1.82) is 0 Å². The normalized spacial score (nSPS) is 50.3. The first-order valence-corrected chi connectivity index (χ1v) is 23.1. The summed E-state index contributed by atoms with van der Waals surface area (Å²) in [5.74, 6) is 16.9. The SMILES string of the molecule is CCC(C)(CC)C1CC(C(C)(CC)CC)CC2(C1)C1CC(C(C)C)C3CCCCC3C1C1C3C(CCC12)CC1C2CCCCC2CCC13. The second-order valence-electron chi connectivity index (χ2n) is 21.9. The quantitative estimate of drug-likeness (QED) is 0.255. The Labute approximate surface area is 300 Å². The lowest BCUT2D eigenvalue weighted by molar-refractivity contribution is -0.102. The molecular formula is C48H82. The summed E-state index contributed by atoms with van der Waals surface area (Å²) >= 11 is 0. The Morgan fingerprint density at radius 2 is 1.06 bits per heavy atom. The van der Waals surface area contributed by atoms with Gasteiger partial charge in [0.25, 0.3) is 0 Å². The van der Waals surface area contributed by atoms with Crippen molar-refractivity contribution in [2.45, 2.75) is 190 Å². The second kappa shape index (κ2) is 13.1. The zero-order chi connectivity index (χ0) is 33.6. The first-order valence-electron chi connectivity index (χ1n) is 23.1. The molecule has 0 N–H and O–H groups in total. The van der Waals surface area contributed by atoms with Crippen molar-refractivity contribution >= 4 is 0 Å². The fourth-order valence-corrected chi connectivity index (χ4v) is 17.9. The molecule has 0 bridgehead atoms. The third-order valence-corrected chi connectivity index (χ3v) is 21.0. The molecule has 0 nitrogen and oxygen atoms in total. The van der Waals surface area contributed by atoms with Gasteiger partial charge in [-0.25, -0.2) is 0 Å². The summed E-state index contributed by atoms with van der Waals surface area (Å²) in [7, 11) is 0. The van der Waals surface area contributed by atoms with E-state index in [1.807, 2.05) is 0 Å². The van der Waals surface area contributed by atoms with E-state index in [1.54, 1.807) is 109 Å². The molecule has 1 spiro atoms. The Bertz CT molecular complexity index is 1080. The molecular weight excluding hydrogens is 577 g/mol. The minimum absolute atomic E-state index is 0.524. The van der Waals surface area contributed by atoms with E-state index in [0.717, 1.165) is 94.7 Å². The maximum atomic E-state index is 2.77. The lowest BCUT2D eigenvalue weighted by atomic mass is 9.45. The highest BCUT2D eigenvalue weighted by atomic mass is 14.8. The second-order valence-corrected chi connectivity index (χ2v) is 21.9. The minimum Gasteiger partial charge on any atom is -0.0649 e. The molecule has 0 radical (unpaired) electrons. The molecule has 15 atom stereocenters. The van der Waals surface area contributed by atoms with Crippen LogP contribution in [0.4, 0.5) is 0 Å². The molecule has 0 amide bonds. The number of hydrogen-bond donors (Lipinski definition) is 0. The van der Waals surface area contributed by atoms with Crippen molar-refractivity contribution in [3.63, 3.8) is 0 Å². The van der Waals surface area contributed by atoms with E-state index in [9.17, 15) is 0 Å². The molecule has 0 heterocycles. The van der Waals surface area contributed by atoms with Gasteiger partial charge in [0.05, 0.1) is 0 Å². The van der Waals surface area contributed by atoms with Crippen LogP contribution in [0.15, 0.2) is 0 Å². The molecule has 0 aromatic heterocycles. The van der Waals surface area contributed by atoms with Crippen LogP contribution in [0.5, 0.6) is 0 Å². The van der Waals surface area contributed by atoms with Gasteiger partial charge in [-0.15, -0.1) is 0 Å². The topological polar surface area (TPSA) is 0 Å². The molecule has 8 aliphatic carbocycles. The number of rotatable bonds is 7. The maximum absolute atomic E-state index is 2.77. The summed E-state index contributed by atoms with van der Waals surface area (Å²) in [5.41, 5.74) is 1.69. The van der Waals surface area contributed by atoms with Crippen molar-refractivity contribution in [2.75, 3.05) is 0 Å². The van der Waals surface area contributed by atoms with Crippen LogP contribution in [0, 0.1) is 111 Å². The van der Waals surface area contributed by atoms with E-state index >= 15 is 0 Å². The van der Waals surface area contributed by atoms with Gasteiger partial charge in [0.15, 0.2) is 0 Å². The van der Waals surface area contributed by atoms with Crippen molar-refractivity contribution in [3.8, 4) is 0 Å². The third kappa shape index (κ3) is 5.19. The van der Waals surface area contributed by atoms with Gasteiger partial charge in [-0.1, -0.05) is 113 Å². The van der Waals surface area contributed by atoms with Crippen LogP contribution in [-0.4, -0.2) is 0 Å². The predicted octanol–water partition coefficient (Wildman–Crippen LogP) is 14.3. The first-order chi connectivity index (χ1) is 23.1. The summed E-state index contributed by atoms with van der Waals surface area (Å²) < 4.78 is 0. The lowest BCUT2D eigenvalue weighted by Gasteiger charge is -2.59. The molecule has 48 heavy (non-hydrogen) atoms. The zero-order valence-corrected chi connectivity index (χ0v) is 33.6. The number of hydrogen-bond acceptors (Lipinski definition) is 0. The lowest BCUT2D eigenvalue weighted by Crippen LogP contribution is -2.51. The molecule has 8 fully saturated rings. The summed E-state index contributed by atoms with van der Waals surface area (Å²) in [5, 5.41) is 0. The average molecular weight is 659 g/mol. The van der Waals surface area contributed by atoms with E-state index < -0.39 is 0 Å². The Hall–Kier alpha value is 0. The molecule has 0 saturated heterocycles. The predicted molar refractivity (Wildman–Crippen MR) is 205 cm³/mol. The highest BCUT2D eigenvalue weighted by Gasteiger charge is 2.71. The Kier molecular flexibility index (Phi) is 9.60. The Balaban J connectivity index is 1.26. The van der Waals surface area contributed by atoms with Crippen LogP contribution < -0.4 is 0 Å². The molecule has 15 unspecified atom stereocenters. The van der Waals surface area contributed by atoms with Crippen LogP contribution in [0.1, 0.15) is 190 Å². The van der Waals surface area contributed by atoms with Gasteiger partial charge in [-0.2, -0.15) is 0 Å². The first kappa shape index (κ1) is 35.1. The Morgan fingerprint density at radius 3 is 1.69 bits per heavy atom. The standard InChI is InChI=1S/C48H82/c1-9-46(7,10-2)33-26-34(47(8,11-3)12-4)29-48(28-33)41-24-22-32-25-40-35-18-14-13-17-31(35)21-23-38(40)43(32)45(41)44-37-20-16-15-19-36(37)39(30(5)6)27-42(44)48/h30-45H,9-29H2,1-8H3. The van der Waals surface area contributed by atoms with E-state index in [-0.39, 0.29) is 0 Å².